The lowest BCUT2D eigenvalue weighted by atomic mass is 9.86. The molecule has 0 aliphatic heterocycles. The molecule has 2 heterocycles. The standard InChI is InChI=1S/C33H39N5/c1-4-38-30-12-8-6-9-26(30)28-19-24(15-18-31(28)38)22-34-21-23-13-16-25(17-14-23)35-33-20-32(37(2)3)27-10-5-7-11-29(27)36-33/h5-12,15,18-20,23,25,34H,4,13-14,16-17,21-22H2,1-3H3,(H,35,36). The van der Waals surface area contributed by atoms with Crippen molar-refractivity contribution in [2.75, 3.05) is 30.9 Å². The largest absolute Gasteiger partial charge is 0.377 e. The van der Waals surface area contributed by atoms with E-state index >= 15 is 0 Å². The third kappa shape index (κ3) is 4.83. The first-order valence-electron chi connectivity index (χ1n) is 14.1. The molecule has 6 rings (SSSR count). The Labute approximate surface area is 225 Å². The van der Waals surface area contributed by atoms with Crippen LogP contribution in [0, 0.1) is 5.92 Å². The molecule has 0 spiro atoms. The lowest BCUT2D eigenvalue weighted by molar-refractivity contribution is 0.324. The number of pyridine rings is 1. The molecule has 0 bridgehead atoms. The highest BCUT2D eigenvalue weighted by Crippen LogP contribution is 2.31. The Morgan fingerprint density at radius 2 is 1.58 bits per heavy atom. The average Bonchev–Trinajstić information content (AvgIpc) is 3.26. The molecule has 0 amide bonds. The van der Waals surface area contributed by atoms with Gasteiger partial charge in [-0.1, -0.05) is 42.5 Å². The second-order valence-corrected chi connectivity index (χ2v) is 11.0. The Hall–Kier alpha value is -3.57. The number of fused-ring (bicyclic) bond motifs is 4. The van der Waals surface area contributed by atoms with Crippen LogP contribution in [0.25, 0.3) is 32.7 Å². The van der Waals surface area contributed by atoms with Crippen LogP contribution in [0.5, 0.6) is 0 Å². The van der Waals surface area contributed by atoms with Crippen molar-refractivity contribution in [3.05, 3.63) is 78.4 Å². The molecule has 196 valence electrons. The first-order chi connectivity index (χ1) is 18.6. The van der Waals surface area contributed by atoms with Crippen LogP contribution in [-0.4, -0.2) is 36.2 Å². The minimum absolute atomic E-state index is 0.494. The van der Waals surface area contributed by atoms with Crippen LogP contribution in [0.15, 0.2) is 72.8 Å². The maximum absolute atomic E-state index is 4.91. The van der Waals surface area contributed by atoms with Crippen LogP contribution in [-0.2, 0) is 13.1 Å². The minimum atomic E-state index is 0.494. The quantitative estimate of drug-likeness (QED) is 0.234. The number of hydrogen-bond donors (Lipinski definition) is 2. The number of nitrogens with one attached hydrogen (secondary N) is 2. The van der Waals surface area contributed by atoms with Gasteiger partial charge >= 0.3 is 0 Å². The number of anilines is 2. The second-order valence-electron chi connectivity index (χ2n) is 11.0. The number of rotatable bonds is 8. The van der Waals surface area contributed by atoms with E-state index in [2.05, 4.69) is 114 Å². The summed E-state index contributed by atoms with van der Waals surface area (Å²) in [6, 6.07) is 26.9. The zero-order valence-corrected chi connectivity index (χ0v) is 22.9. The van der Waals surface area contributed by atoms with E-state index in [1.165, 1.54) is 64.1 Å². The summed E-state index contributed by atoms with van der Waals surface area (Å²) in [4.78, 5) is 7.09. The lowest BCUT2D eigenvalue weighted by Gasteiger charge is -2.30. The molecule has 2 N–H and O–H groups in total. The average molecular weight is 506 g/mol. The van der Waals surface area contributed by atoms with Crippen LogP contribution < -0.4 is 15.5 Å². The molecule has 5 aromatic rings. The highest BCUT2D eigenvalue weighted by molar-refractivity contribution is 6.08. The van der Waals surface area contributed by atoms with Gasteiger partial charge in [-0.25, -0.2) is 4.98 Å². The van der Waals surface area contributed by atoms with Crippen molar-refractivity contribution < 1.29 is 0 Å². The van der Waals surface area contributed by atoms with Gasteiger partial charge in [0.1, 0.15) is 5.82 Å². The van der Waals surface area contributed by atoms with Crippen LogP contribution in [0.3, 0.4) is 0 Å². The van der Waals surface area contributed by atoms with Gasteiger partial charge in [0.15, 0.2) is 0 Å². The van der Waals surface area contributed by atoms with E-state index in [0.29, 0.717) is 6.04 Å². The van der Waals surface area contributed by atoms with Gasteiger partial charge in [0.2, 0.25) is 0 Å². The van der Waals surface area contributed by atoms with E-state index < -0.39 is 0 Å². The van der Waals surface area contributed by atoms with E-state index in [4.69, 9.17) is 4.98 Å². The Balaban J connectivity index is 1.04. The van der Waals surface area contributed by atoms with Gasteiger partial charge in [-0.15, -0.1) is 0 Å². The molecule has 1 aliphatic carbocycles. The fourth-order valence-electron chi connectivity index (χ4n) is 6.29. The summed E-state index contributed by atoms with van der Waals surface area (Å²) in [7, 11) is 4.20. The van der Waals surface area contributed by atoms with Crippen LogP contribution in [0.4, 0.5) is 11.5 Å². The molecule has 3 aromatic carbocycles. The van der Waals surface area contributed by atoms with E-state index in [-0.39, 0.29) is 0 Å². The fourth-order valence-corrected chi connectivity index (χ4v) is 6.29. The SMILES string of the molecule is CCn1c2ccccc2c2cc(CNCC3CCC(Nc4cc(N(C)C)c5ccccc5n4)CC3)ccc21. The summed E-state index contributed by atoms with van der Waals surface area (Å²) in [6.07, 6.45) is 4.89. The van der Waals surface area contributed by atoms with Crippen molar-refractivity contribution in [2.24, 2.45) is 5.92 Å². The maximum Gasteiger partial charge on any atom is 0.128 e. The molecule has 1 fully saturated rings. The molecule has 0 atom stereocenters. The van der Waals surface area contributed by atoms with Gasteiger partial charge in [-0.2, -0.15) is 0 Å². The molecular formula is C33H39N5. The molecular weight excluding hydrogens is 466 g/mol. The molecule has 0 radical (unpaired) electrons. The number of benzene rings is 3. The Bertz CT molecular complexity index is 1560. The summed E-state index contributed by atoms with van der Waals surface area (Å²) in [5, 5.41) is 11.4. The number of para-hydroxylation sites is 2. The van der Waals surface area contributed by atoms with Gasteiger partial charge in [-0.05, 0) is 74.9 Å². The summed E-state index contributed by atoms with van der Waals surface area (Å²) in [6.45, 7) is 5.23. The zero-order valence-electron chi connectivity index (χ0n) is 22.9. The van der Waals surface area contributed by atoms with Gasteiger partial charge in [0.25, 0.3) is 0 Å². The monoisotopic (exact) mass is 505 g/mol. The van der Waals surface area contributed by atoms with E-state index in [1.807, 2.05) is 0 Å². The van der Waals surface area contributed by atoms with Gasteiger partial charge < -0.3 is 20.1 Å². The summed E-state index contributed by atoms with van der Waals surface area (Å²) in [5.41, 5.74) is 6.30. The zero-order chi connectivity index (χ0) is 26.1. The van der Waals surface area contributed by atoms with Crippen LogP contribution in [0.2, 0.25) is 0 Å². The highest BCUT2D eigenvalue weighted by atomic mass is 15.1. The predicted molar refractivity (Wildman–Crippen MR) is 162 cm³/mol. The van der Waals surface area contributed by atoms with Crippen LogP contribution >= 0.6 is 0 Å². The Morgan fingerprint density at radius 1 is 0.842 bits per heavy atom. The normalized spacial score (nSPS) is 17.9. The minimum Gasteiger partial charge on any atom is -0.377 e. The number of nitrogens with zero attached hydrogens (tertiary/aromatic N) is 3. The van der Waals surface area contributed by atoms with Crippen molar-refractivity contribution in [3.8, 4) is 0 Å². The lowest BCUT2D eigenvalue weighted by Crippen LogP contribution is -2.31. The molecule has 2 aromatic heterocycles. The topological polar surface area (TPSA) is 45.1 Å². The molecule has 5 nitrogen and oxygen atoms in total. The van der Waals surface area contributed by atoms with E-state index in [0.717, 1.165) is 36.9 Å². The van der Waals surface area contributed by atoms with Gasteiger partial charge in [0, 0.05) is 72.2 Å². The molecule has 0 saturated heterocycles. The molecule has 38 heavy (non-hydrogen) atoms. The van der Waals surface area contributed by atoms with Crippen molar-refractivity contribution >= 4 is 44.2 Å². The second kappa shape index (κ2) is 10.7. The van der Waals surface area contributed by atoms with Gasteiger partial charge in [-0.3, -0.25) is 0 Å². The maximum atomic E-state index is 4.91. The van der Waals surface area contributed by atoms with Crippen LogP contribution in [0.1, 0.15) is 38.2 Å². The first-order valence-corrected chi connectivity index (χ1v) is 14.1. The number of aromatic nitrogens is 2. The summed E-state index contributed by atoms with van der Waals surface area (Å²) < 4.78 is 2.42. The van der Waals surface area contributed by atoms with Crippen molar-refractivity contribution in [2.45, 2.75) is 51.7 Å². The molecule has 5 heteroatoms. The summed E-state index contributed by atoms with van der Waals surface area (Å²) in [5.74, 6) is 1.73. The number of aryl methyl sites for hydroxylation is 1. The van der Waals surface area contributed by atoms with Gasteiger partial charge in [0.05, 0.1) is 5.52 Å². The Kier molecular flexibility index (Phi) is 6.94. The van der Waals surface area contributed by atoms with Crippen molar-refractivity contribution in [1.29, 1.82) is 0 Å². The Morgan fingerprint density at radius 3 is 2.37 bits per heavy atom. The third-order valence-corrected chi connectivity index (χ3v) is 8.29. The first kappa shape index (κ1) is 24.7. The summed E-state index contributed by atoms with van der Waals surface area (Å²) >= 11 is 0. The van der Waals surface area contributed by atoms with Crippen molar-refractivity contribution in [1.82, 2.24) is 14.9 Å². The van der Waals surface area contributed by atoms with E-state index in [1.54, 1.807) is 0 Å². The van der Waals surface area contributed by atoms with E-state index in [9.17, 15) is 0 Å². The van der Waals surface area contributed by atoms with Crippen molar-refractivity contribution in [3.63, 3.8) is 0 Å². The molecule has 1 aliphatic rings. The fraction of sp³-hybridized carbons (Fsp3) is 0.364. The third-order valence-electron chi connectivity index (χ3n) is 8.29. The highest BCUT2D eigenvalue weighted by Gasteiger charge is 2.22. The predicted octanol–water partition coefficient (Wildman–Crippen LogP) is 7.19. The molecule has 0 unspecified atom stereocenters. The molecule has 1 saturated carbocycles. The smallest absolute Gasteiger partial charge is 0.128 e. The number of hydrogen-bond acceptors (Lipinski definition) is 4.